The van der Waals surface area contributed by atoms with Crippen molar-refractivity contribution in [2.75, 3.05) is 13.1 Å². The van der Waals surface area contributed by atoms with E-state index in [1.807, 2.05) is 0 Å². The third kappa shape index (κ3) is 2.96. The molecule has 1 aliphatic rings. The highest BCUT2D eigenvalue weighted by molar-refractivity contribution is 9.11. The van der Waals surface area contributed by atoms with E-state index in [-0.39, 0.29) is 0 Å². The zero-order valence-electron chi connectivity index (χ0n) is 9.75. The van der Waals surface area contributed by atoms with E-state index in [0.717, 1.165) is 13.1 Å². The Kier molecular flexibility index (Phi) is 4.19. The van der Waals surface area contributed by atoms with E-state index in [2.05, 4.69) is 58.1 Å². The maximum absolute atomic E-state index is 3.71. The van der Waals surface area contributed by atoms with Gasteiger partial charge in [0.25, 0.3) is 0 Å². The van der Waals surface area contributed by atoms with E-state index < -0.39 is 0 Å². The molecule has 0 radical (unpaired) electrons. The third-order valence-corrected chi connectivity index (χ3v) is 3.96. The van der Waals surface area contributed by atoms with Crippen LogP contribution in [0.2, 0.25) is 0 Å². The van der Waals surface area contributed by atoms with Crippen molar-refractivity contribution in [2.24, 2.45) is 0 Å². The molecule has 1 aromatic carbocycles. The lowest BCUT2D eigenvalue weighted by Gasteiger charge is -2.28. The second kappa shape index (κ2) is 5.65. The topological polar surface area (TPSA) is 3.24 Å². The monoisotopic (exact) mass is 279 g/mol. The largest absolute Gasteiger partial charge is 0.294 e. The van der Waals surface area contributed by atoms with E-state index in [1.54, 1.807) is 5.57 Å². The molecule has 0 unspecified atom stereocenters. The summed E-state index contributed by atoms with van der Waals surface area (Å²) < 4.78 is 1.40. The van der Waals surface area contributed by atoms with Crippen LogP contribution < -0.4 is 0 Å². The molecule has 2 heteroatoms. The Morgan fingerprint density at radius 3 is 2.62 bits per heavy atom. The molecule has 1 nitrogen and oxygen atoms in total. The fourth-order valence-electron chi connectivity index (χ4n) is 2.16. The summed E-state index contributed by atoms with van der Waals surface area (Å²) in [5.74, 6) is 0. The number of nitrogens with zero attached hydrogens (tertiary/aromatic N) is 1. The van der Waals surface area contributed by atoms with Gasteiger partial charge in [-0.3, -0.25) is 4.90 Å². The number of hydrogen-bond donors (Lipinski definition) is 0. The molecule has 0 atom stereocenters. The van der Waals surface area contributed by atoms with Gasteiger partial charge in [-0.05, 0) is 18.4 Å². The average Bonchev–Trinajstić information content (AvgIpc) is 2.31. The highest BCUT2D eigenvalue weighted by Gasteiger charge is 2.15. The van der Waals surface area contributed by atoms with Crippen molar-refractivity contribution in [1.29, 1.82) is 0 Å². The molecule has 0 spiro atoms. The summed E-state index contributed by atoms with van der Waals surface area (Å²) in [5.41, 5.74) is 2.99. The van der Waals surface area contributed by atoms with E-state index in [1.165, 1.54) is 29.4 Å². The first kappa shape index (κ1) is 11.9. The summed E-state index contributed by atoms with van der Waals surface area (Å²) in [6.07, 6.45) is 2.39. The van der Waals surface area contributed by atoms with Crippen LogP contribution in [0, 0.1) is 0 Å². The molecule has 0 saturated heterocycles. The normalized spacial score (nSPS) is 17.9. The summed E-state index contributed by atoms with van der Waals surface area (Å²) in [4.78, 5) is 2.50. The Labute approximate surface area is 106 Å². The van der Waals surface area contributed by atoms with Crippen LogP contribution in [0.3, 0.4) is 0 Å². The average molecular weight is 280 g/mol. The van der Waals surface area contributed by atoms with Gasteiger partial charge in [-0.2, -0.15) is 0 Å². The molecule has 1 aromatic rings. The van der Waals surface area contributed by atoms with E-state index >= 15 is 0 Å². The van der Waals surface area contributed by atoms with Crippen molar-refractivity contribution < 1.29 is 0 Å². The van der Waals surface area contributed by atoms with Gasteiger partial charge < -0.3 is 0 Å². The number of hydrogen-bond acceptors (Lipinski definition) is 1. The van der Waals surface area contributed by atoms with Crippen LogP contribution >= 0.6 is 15.9 Å². The summed E-state index contributed by atoms with van der Waals surface area (Å²) in [5, 5.41) is 0. The van der Waals surface area contributed by atoms with Gasteiger partial charge in [0.1, 0.15) is 0 Å². The Morgan fingerprint density at radius 1 is 1.25 bits per heavy atom. The lowest BCUT2D eigenvalue weighted by atomic mass is 10.1. The zero-order chi connectivity index (χ0) is 11.4. The molecule has 86 valence electrons. The zero-order valence-corrected chi connectivity index (χ0v) is 11.3. The fraction of sp³-hybridized carbons (Fsp3) is 0.429. The number of rotatable bonds is 3. The molecule has 0 bridgehead atoms. The molecule has 0 aromatic heterocycles. The van der Waals surface area contributed by atoms with Crippen LogP contribution in [0.1, 0.15) is 25.3 Å². The Morgan fingerprint density at radius 2 is 2.00 bits per heavy atom. The van der Waals surface area contributed by atoms with Crippen molar-refractivity contribution in [3.63, 3.8) is 0 Å². The van der Waals surface area contributed by atoms with Crippen molar-refractivity contribution in [1.82, 2.24) is 4.90 Å². The molecule has 0 saturated carbocycles. The highest BCUT2D eigenvalue weighted by atomic mass is 79.9. The van der Waals surface area contributed by atoms with Gasteiger partial charge in [0, 0.05) is 24.1 Å². The summed E-state index contributed by atoms with van der Waals surface area (Å²) >= 11 is 3.71. The first-order chi connectivity index (χ1) is 7.79. The lowest BCUT2D eigenvalue weighted by Crippen LogP contribution is -2.29. The van der Waals surface area contributed by atoms with Crippen LogP contribution in [-0.4, -0.2) is 18.0 Å². The van der Waals surface area contributed by atoms with Crippen molar-refractivity contribution in [2.45, 2.75) is 26.3 Å². The predicted molar refractivity (Wildman–Crippen MR) is 72.6 cm³/mol. The molecule has 0 fully saturated rings. The minimum atomic E-state index is 1.06. The van der Waals surface area contributed by atoms with Gasteiger partial charge in [0.05, 0.1) is 0 Å². The summed E-state index contributed by atoms with van der Waals surface area (Å²) in [6.45, 7) is 5.56. The van der Waals surface area contributed by atoms with Gasteiger partial charge >= 0.3 is 0 Å². The second-order valence-electron chi connectivity index (χ2n) is 4.31. The lowest BCUT2D eigenvalue weighted by molar-refractivity contribution is 0.282. The quantitative estimate of drug-likeness (QED) is 0.810. The van der Waals surface area contributed by atoms with Gasteiger partial charge in [0.2, 0.25) is 0 Å². The van der Waals surface area contributed by atoms with Crippen LogP contribution in [-0.2, 0) is 6.54 Å². The predicted octanol–water partition coefficient (Wildman–Crippen LogP) is 3.95. The first-order valence-electron chi connectivity index (χ1n) is 5.92. The SMILES string of the molecule is CCC1=C(Br)CN(Cc2ccccc2)CC1. The van der Waals surface area contributed by atoms with E-state index in [9.17, 15) is 0 Å². The summed E-state index contributed by atoms with van der Waals surface area (Å²) in [6, 6.07) is 10.7. The Bertz CT molecular complexity index is 370. The number of halogens is 1. The van der Waals surface area contributed by atoms with Crippen LogP contribution in [0.15, 0.2) is 40.4 Å². The molecular weight excluding hydrogens is 262 g/mol. The number of benzene rings is 1. The Balaban J connectivity index is 1.97. The molecule has 16 heavy (non-hydrogen) atoms. The molecule has 1 heterocycles. The molecule has 0 aliphatic carbocycles. The Hall–Kier alpha value is -0.600. The van der Waals surface area contributed by atoms with Crippen LogP contribution in [0.5, 0.6) is 0 Å². The van der Waals surface area contributed by atoms with Crippen molar-refractivity contribution in [3.8, 4) is 0 Å². The molecule has 0 amide bonds. The minimum Gasteiger partial charge on any atom is -0.294 e. The van der Waals surface area contributed by atoms with Crippen molar-refractivity contribution >= 4 is 15.9 Å². The van der Waals surface area contributed by atoms with Gasteiger partial charge in [-0.1, -0.05) is 58.8 Å². The third-order valence-electron chi connectivity index (χ3n) is 3.15. The van der Waals surface area contributed by atoms with E-state index in [4.69, 9.17) is 0 Å². The maximum atomic E-state index is 3.71. The molecular formula is C14H18BrN. The summed E-state index contributed by atoms with van der Waals surface area (Å²) in [7, 11) is 0. The highest BCUT2D eigenvalue weighted by Crippen LogP contribution is 2.25. The minimum absolute atomic E-state index is 1.06. The molecule has 1 aliphatic heterocycles. The van der Waals surface area contributed by atoms with Gasteiger partial charge in [-0.15, -0.1) is 0 Å². The molecule has 2 rings (SSSR count). The standard InChI is InChI=1S/C14H18BrN/c1-2-13-8-9-16(11-14(13)15)10-12-6-4-3-5-7-12/h3-7H,2,8-11H2,1H3. The van der Waals surface area contributed by atoms with Crippen LogP contribution in [0.4, 0.5) is 0 Å². The first-order valence-corrected chi connectivity index (χ1v) is 6.71. The maximum Gasteiger partial charge on any atom is 0.0303 e. The fourth-order valence-corrected chi connectivity index (χ4v) is 2.99. The second-order valence-corrected chi connectivity index (χ2v) is 5.27. The smallest absolute Gasteiger partial charge is 0.0303 e. The van der Waals surface area contributed by atoms with Gasteiger partial charge in [0.15, 0.2) is 0 Å². The van der Waals surface area contributed by atoms with Crippen LogP contribution in [0.25, 0.3) is 0 Å². The van der Waals surface area contributed by atoms with E-state index in [0.29, 0.717) is 0 Å². The molecule has 0 N–H and O–H groups in total. The van der Waals surface area contributed by atoms with Crippen molar-refractivity contribution in [3.05, 3.63) is 46.0 Å². The van der Waals surface area contributed by atoms with Gasteiger partial charge in [-0.25, -0.2) is 0 Å².